The van der Waals surface area contributed by atoms with Gasteiger partial charge in [0.15, 0.2) is 0 Å². The zero-order valence-corrected chi connectivity index (χ0v) is 12.2. The molecule has 2 heterocycles. The van der Waals surface area contributed by atoms with Crippen molar-refractivity contribution < 1.29 is 4.79 Å². The lowest BCUT2D eigenvalue weighted by atomic mass is 9.99. The molecule has 1 aliphatic heterocycles. The molecule has 108 valence electrons. The van der Waals surface area contributed by atoms with E-state index in [9.17, 15) is 4.79 Å². The molecule has 4 nitrogen and oxygen atoms in total. The number of hydrogen-bond acceptors (Lipinski definition) is 3. The molecule has 0 radical (unpaired) electrons. The van der Waals surface area contributed by atoms with E-state index in [1.807, 2.05) is 11.0 Å². The summed E-state index contributed by atoms with van der Waals surface area (Å²) in [5.41, 5.74) is 10.5. The van der Waals surface area contributed by atoms with Gasteiger partial charge in [0.25, 0.3) is 5.91 Å². The van der Waals surface area contributed by atoms with Crippen molar-refractivity contribution in [1.82, 2.24) is 4.98 Å². The van der Waals surface area contributed by atoms with Crippen LogP contribution in [-0.4, -0.2) is 17.4 Å². The maximum absolute atomic E-state index is 12.8. The Morgan fingerprint density at radius 3 is 3.00 bits per heavy atom. The third-order valence-electron chi connectivity index (χ3n) is 3.87. The maximum Gasteiger partial charge on any atom is 0.258 e. The molecule has 0 bridgehead atoms. The first-order valence-corrected chi connectivity index (χ1v) is 7.25. The molecule has 0 fully saturated rings. The Labute approximate surface area is 124 Å². The summed E-state index contributed by atoms with van der Waals surface area (Å²) in [6.45, 7) is 3.18. The summed E-state index contributed by atoms with van der Waals surface area (Å²) in [7, 11) is 0. The van der Waals surface area contributed by atoms with Crippen molar-refractivity contribution in [2.24, 2.45) is 5.73 Å². The Hall–Kier alpha value is -2.20. The highest BCUT2D eigenvalue weighted by molar-refractivity contribution is 6.06. The molecule has 2 N–H and O–H groups in total. The van der Waals surface area contributed by atoms with Crippen LogP contribution < -0.4 is 10.6 Å². The summed E-state index contributed by atoms with van der Waals surface area (Å²) >= 11 is 0. The van der Waals surface area contributed by atoms with Crippen molar-refractivity contribution >= 4 is 11.6 Å². The number of pyridine rings is 1. The average Bonchev–Trinajstić information content (AvgIpc) is 2.53. The van der Waals surface area contributed by atoms with Crippen molar-refractivity contribution in [2.75, 3.05) is 11.4 Å². The summed E-state index contributed by atoms with van der Waals surface area (Å²) in [5, 5.41) is 0. The largest absolute Gasteiger partial charge is 0.325 e. The van der Waals surface area contributed by atoms with E-state index in [1.54, 1.807) is 18.3 Å². The molecule has 1 aromatic heterocycles. The van der Waals surface area contributed by atoms with Crippen LogP contribution in [0.15, 0.2) is 36.5 Å². The van der Waals surface area contributed by atoms with Gasteiger partial charge in [-0.25, -0.2) is 0 Å². The van der Waals surface area contributed by atoms with E-state index >= 15 is 0 Å². The van der Waals surface area contributed by atoms with Gasteiger partial charge in [0, 0.05) is 30.5 Å². The van der Waals surface area contributed by atoms with Gasteiger partial charge < -0.3 is 10.6 Å². The summed E-state index contributed by atoms with van der Waals surface area (Å²) in [6, 6.07) is 9.82. The minimum absolute atomic E-state index is 0.0249. The second-order valence-electron chi connectivity index (χ2n) is 5.43. The molecule has 1 aromatic carbocycles. The van der Waals surface area contributed by atoms with Crippen molar-refractivity contribution in [3.63, 3.8) is 0 Å². The summed E-state index contributed by atoms with van der Waals surface area (Å²) in [4.78, 5) is 18.8. The number of aryl methyl sites for hydroxylation is 2. The molecule has 0 atom stereocenters. The average molecular weight is 281 g/mol. The molecule has 0 unspecified atom stereocenters. The quantitative estimate of drug-likeness (QED) is 0.919. The van der Waals surface area contributed by atoms with Crippen LogP contribution in [0.3, 0.4) is 0 Å². The van der Waals surface area contributed by atoms with Crippen LogP contribution in [0.2, 0.25) is 0 Å². The van der Waals surface area contributed by atoms with Gasteiger partial charge in [-0.15, -0.1) is 0 Å². The minimum atomic E-state index is 0.0249. The van der Waals surface area contributed by atoms with E-state index in [0.29, 0.717) is 12.1 Å². The lowest BCUT2D eigenvalue weighted by Crippen LogP contribution is -2.35. The fourth-order valence-electron chi connectivity index (χ4n) is 2.82. The van der Waals surface area contributed by atoms with E-state index < -0.39 is 0 Å². The molecule has 0 aliphatic carbocycles. The number of nitrogens with two attached hydrogens (primary N) is 1. The number of aromatic nitrogens is 1. The van der Waals surface area contributed by atoms with Crippen molar-refractivity contribution in [2.45, 2.75) is 26.3 Å². The topological polar surface area (TPSA) is 59.2 Å². The first kappa shape index (κ1) is 13.8. The molecule has 2 aromatic rings. The van der Waals surface area contributed by atoms with Gasteiger partial charge >= 0.3 is 0 Å². The second kappa shape index (κ2) is 5.66. The van der Waals surface area contributed by atoms with Crippen molar-refractivity contribution in [3.05, 3.63) is 58.9 Å². The number of nitrogens with zero attached hydrogens (tertiary/aromatic N) is 2. The first-order valence-electron chi connectivity index (χ1n) is 7.25. The van der Waals surface area contributed by atoms with Gasteiger partial charge in [0.2, 0.25) is 0 Å². The number of carbonyl (C=O) groups is 1. The number of benzene rings is 1. The van der Waals surface area contributed by atoms with Gasteiger partial charge in [0.1, 0.15) is 0 Å². The minimum Gasteiger partial charge on any atom is -0.325 e. The molecule has 0 saturated carbocycles. The van der Waals surface area contributed by atoms with Gasteiger partial charge in [-0.2, -0.15) is 0 Å². The Balaban J connectivity index is 1.96. The Morgan fingerprint density at radius 1 is 1.33 bits per heavy atom. The van der Waals surface area contributed by atoms with Crippen LogP contribution in [0.25, 0.3) is 0 Å². The maximum atomic E-state index is 12.8. The molecule has 4 heteroatoms. The third kappa shape index (κ3) is 2.67. The summed E-state index contributed by atoms with van der Waals surface area (Å²) in [6.07, 6.45) is 3.68. The lowest BCUT2D eigenvalue weighted by Gasteiger charge is -2.30. The Kier molecular flexibility index (Phi) is 3.71. The number of rotatable bonds is 2. The smallest absolute Gasteiger partial charge is 0.258 e. The van der Waals surface area contributed by atoms with Gasteiger partial charge in [0.05, 0.1) is 5.69 Å². The number of hydrogen-bond donors (Lipinski definition) is 1. The van der Waals surface area contributed by atoms with Crippen LogP contribution in [0.5, 0.6) is 0 Å². The normalized spacial score (nSPS) is 13.9. The third-order valence-corrected chi connectivity index (χ3v) is 3.87. The number of fused-ring (bicyclic) bond motifs is 1. The van der Waals surface area contributed by atoms with Crippen molar-refractivity contribution in [3.8, 4) is 0 Å². The molecule has 0 spiro atoms. The molecule has 1 aliphatic rings. The van der Waals surface area contributed by atoms with E-state index in [0.717, 1.165) is 30.8 Å². The highest BCUT2D eigenvalue weighted by Gasteiger charge is 2.23. The zero-order chi connectivity index (χ0) is 14.8. The Morgan fingerprint density at radius 2 is 2.19 bits per heavy atom. The summed E-state index contributed by atoms with van der Waals surface area (Å²) in [5.74, 6) is 0.0249. The molecule has 0 saturated heterocycles. The molecule has 3 rings (SSSR count). The van der Waals surface area contributed by atoms with Gasteiger partial charge in [-0.1, -0.05) is 17.7 Å². The van der Waals surface area contributed by atoms with Crippen LogP contribution in [0, 0.1) is 6.92 Å². The molecule has 21 heavy (non-hydrogen) atoms. The van der Waals surface area contributed by atoms with E-state index in [1.165, 1.54) is 11.1 Å². The van der Waals surface area contributed by atoms with Crippen LogP contribution in [-0.2, 0) is 13.0 Å². The van der Waals surface area contributed by atoms with Crippen LogP contribution >= 0.6 is 0 Å². The predicted octanol–water partition coefficient (Wildman–Crippen LogP) is 2.44. The van der Waals surface area contributed by atoms with E-state index in [-0.39, 0.29) is 5.91 Å². The fraction of sp³-hybridized carbons (Fsp3) is 0.294. The predicted molar refractivity (Wildman–Crippen MR) is 83.3 cm³/mol. The highest BCUT2D eigenvalue weighted by atomic mass is 16.2. The highest BCUT2D eigenvalue weighted by Crippen LogP contribution is 2.29. The lowest BCUT2D eigenvalue weighted by molar-refractivity contribution is 0.0985. The van der Waals surface area contributed by atoms with Gasteiger partial charge in [-0.3, -0.25) is 9.78 Å². The van der Waals surface area contributed by atoms with Crippen molar-refractivity contribution in [1.29, 1.82) is 0 Å². The van der Waals surface area contributed by atoms with Gasteiger partial charge in [-0.05, 0) is 43.5 Å². The van der Waals surface area contributed by atoms with E-state index in [2.05, 4.69) is 24.0 Å². The monoisotopic (exact) mass is 281 g/mol. The first-order chi connectivity index (χ1) is 10.2. The van der Waals surface area contributed by atoms with Crippen LogP contribution in [0.1, 0.15) is 33.6 Å². The SMILES string of the molecule is Cc1ccc2c(c1)CCCN2C(=O)c1ccnc(CN)c1. The molecular formula is C17H19N3O. The van der Waals surface area contributed by atoms with Crippen LogP contribution in [0.4, 0.5) is 5.69 Å². The second-order valence-corrected chi connectivity index (χ2v) is 5.43. The molecule has 1 amide bonds. The standard InChI is InChI=1S/C17H19N3O/c1-12-4-5-16-13(9-12)3-2-8-20(16)17(21)14-6-7-19-15(10-14)11-18/h4-7,9-10H,2-3,8,11,18H2,1H3. The number of amides is 1. The zero-order valence-electron chi connectivity index (χ0n) is 12.2. The number of anilines is 1. The number of carbonyl (C=O) groups excluding carboxylic acids is 1. The Bertz CT molecular complexity index is 681. The fourth-order valence-corrected chi connectivity index (χ4v) is 2.82. The van der Waals surface area contributed by atoms with E-state index in [4.69, 9.17) is 5.73 Å². The summed E-state index contributed by atoms with van der Waals surface area (Å²) < 4.78 is 0. The molecular weight excluding hydrogens is 262 g/mol.